The normalized spacial score (nSPS) is 23.7. The molecule has 0 N–H and O–H groups in total. The smallest absolute Gasteiger partial charge is 0.0162 e. The van der Waals surface area contributed by atoms with Gasteiger partial charge in [-0.25, -0.2) is 0 Å². The molecule has 2 aliphatic rings. The molecule has 0 nitrogen and oxygen atoms in total. The molecule has 1 atom stereocenters. The topological polar surface area (TPSA) is 0 Å². The lowest BCUT2D eigenvalue weighted by atomic mass is 9.77. The average Bonchev–Trinajstić information content (AvgIpc) is 2.85. The van der Waals surface area contributed by atoms with Crippen LogP contribution in [0.3, 0.4) is 0 Å². The van der Waals surface area contributed by atoms with Crippen molar-refractivity contribution >= 4 is 5.57 Å². The van der Waals surface area contributed by atoms with Gasteiger partial charge in [-0.1, -0.05) is 107 Å². The number of hydrogen-bond acceptors (Lipinski definition) is 0. The van der Waals surface area contributed by atoms with Gasteiger partial charge < -0.3 is 0 Å². The summed E-state index contributed by atoms with van der Waals surface area (Å²) in [7, 11) is 0. The lowest BCUT2D eigenvalue weighted by molar-refractivity contribution is 0.302. The average molecular weight is 429 g/mol. The van der Waals surface area contributed by atoms with Crippen molar-refractivity contribution in [1.29, 1.82) is 0 Å². The van der Waals surface area contributed by atoms with Crippen LogP contribution >= 0.6 is 0 Å². The van der Waals surface area contributed by atoms with E-state index in [1.165, 1.54) is 100 Å². The third-order valence-electron chi connectivity index (χ3n) is 8.21. The fraction of sp³-hybridized carbons (Fsp3) is 0.562. The van der Waals surface area contributed by atoms with Crippen molar-refractivity contribution < 1.29 is 0 Å². The minimum absolute atomic E-state index is 0.781. The molecule has 0 aromatic heterocycles. The largest absolute Gasteiger partial charge is 0.0805 e. The monoisotopic (exact) mass is 428 g/mol. The summed E-state index contributed by atoms with van der Waals surface area (Å²) in [4.78, 5) is 0. The number of unbranched alkanes of at least 4 members (excludes halogenated alkanes) is 4. The zero-order valence-corrected chi connectivity index (χ0v) is 20.6. The van der Waals surface area contributed by atoms with Crippen molar-refractivity contribution in [3.8, 4) is 11.1 Å². The van der Waals surface area contributed by atoms with E-state index in [4.69, 9.17) is 0 Å². The van der Waals surface area contributed by atoms with Gasteiger partial charge in [-0.05, 0) is 90.5 Å². The molecule has 32 heavy (non-hydrogen) atoms. The molecule has 4 rings (SSSR count). The van der Waals surface area contributed by atoms with E-state index in [-0.39, 0.29) is 0 Å². The Morgan fingerprint density at radius 2 is 1.31 bits per heavy atom. The molecule has 0 spiro atoms. The molecule has 0 heteroatoms. The fourth-order valence-corrected chi connectivity index (χ4v) is 5.87. The number of allylic oxidation sites excluding steroid dienone is 2. The number of benzene rings is 2. The summed E-state index contributed by atoms with van der Waals surface area (Å²) in [5.41, 5.74) is 7.22. The highest BCUT2D eigenvalue weighted by Gasteiger charge is 2.22. The highest BCUT2D eigenvalue weighted by molar-refractivity contribution is 5.71. The van der Waals surface area contributed by atoms with Crippen molar-refractivity contribution in [2.75, 3.05) is 0 Å². The van der Waals surface area contributed by atoms with Crippen LogP contribution in [-0.2, 0) is 0 Å². The Morgan fingerprint density at radius 1 is 0.688 bits per heavy atom. The predicted octanol–water partition coefficient (Wildman–Crippen LogP) is 10.2. The first-order valence-corrected chi connectivity index (χ1v) is 13.6. The Morgan fingerprint density at radius 3 is 1.94 bits per heavy atom. The van der Waals surface area contributed by atoms with Crippen molar-refractivity contribution in [2.24, 2.45) is 11.8 Å². The van der Waals surface area contributed by atoms with E-state index in [0.29, 0.717) is 0 Å². The Balaban J connectivity index is 1.27. The zero-order chi connectivity index (χ0) is 22.2. The van der Waals surface area contributed by atoms with Crippen molar-refractivity contribution in [1.82, 2.24) is 0 Å². The van der Waals surface area contributed by atoms with E-state index in [1.54, 1.807) is 11.1 Å². The molecule has 0 bridgehead atoms. The maximum atomic E-state index is 2.46. The van der Waals surface area contributed by atoms with Gasteiger partial charge in [0.05, 0.1) is 0 Å². The predicted molar refractivity (Wildman–Crippen MR) is 141 cm³/mol. The Kier molecular flexibility index (Phi) is 8.66. The van der Waals surface area contributed by atoms with E-state index in [2.05, 4.69) is 68.5 Å². The van der Waals surface area contributed by atoms with E-state index in [9.17, 15) is 0 Å². The summed E-state index contributed by atoms with van der Waals surface area (Å²) in [5.74, 6) is 2.62. The molecule has 0 amide bonds. The molecule has 0 aliphatic heterocycles. The van der Waals surface area contributed by atoms with Crippen LogP contribution < -0.4 is 0 Å². The molecular weight excluding hydrogens is 384 g/mol. The first kappa shape index (κ1) is 23.3. The van der Waals surface area contributed by atoms with Gasteiger partial charge in [0.2, 0.25) is 0 Å². The number of rotatable bonds is 9. The first-order chi connectivity index (χ1) is 15.7. The van der Waals surface area contributed by atoms with E-state index < -0.39 is 0 Å². The highest BCUT2D eigenvalue weighted by atomic mass is 14.3. The van der Waals surface area contributed by atoms with Gasteiger partial charge in [0.1, 0.15) is 0 Å². The van der Waals surface area contributed by atoms with E-state index in [0.717, 1.165) is 17.8 Å². The summed E-state index contributed by atoms with van der Waals surface area (Å²) < 4.78 is 0. The minimum atomic E-state index is 0.781. The van der Waals surface area contributed by atoms with Gasteiger partial charge in [0, 0.05) is 0 Å². The van der Waals surface area contributed by atoms with Crippen molar-refractivity contribution in [2.45, 2.75) is 103 Å². The van der Waals surface area contributed by atoms with Gasteiger partial charge in [0.15, 0.2) is 0 Å². The zero-order valence-electron chi connectivity index (χ0n) is 20.6. The summed E-state index contributed by atoms with van der Waals surface area (Å²) >= 11 is 0. The molecule has 2 aromatic rings. The van der Waals surface area contributed by atoms with Crippen LogP contribution in [0.4, 0.5) is 0 Å². The fourth-order valence-electron chi connectivity index (χ4n) is 5.87. The molecule has 2 aromatic carbocycles. The minimum Gasteiger partial charge on any atom is -0.0805 e. The Labute approximate surface area is 197 Å². The lowest BCUT2D eigenvalue weighted by Crippen LogP contribution is -2.13. The van der Waals surface area contributed by atoms with Crippen LogP contribution in [-0.4, -0.2) is 0 Å². The van der Waals surface area contributed by atoms with Crippen LogP contribution in [0.15, 0.2) is 54.6 Å². The van der Waals surface area contributed by atoms with Gasteiger partial charge in [-0.2, -0.15) is 0 Å². The Hall–Kier alpha value is -1.82. The molecule has 0 saturated heterocycles. The van der Waals surface area contributed by atoms with Crippen LogP contribution in [0.2, 0.25) is 0 Å². The third-order valence-corrected chi connectivity index (χ3v) is 8.21. The van der Waals surface area contributed by atoms with Gasteiger partial charge >= 0.3 is 0 Å². The molecule has 1 unspecified atom stereocenters. The van der Waals surface area contributed by atoms with Crippen LogP contribution in [0, 0.1) is 11.8 Å². The summed E-state index contributed by atoms with van der Waals surface area (Å²) in [6.07, 6.45) is 20.5. The molecule has 0 heterocycles. The van der Waals surface area contributed by atoms with E-state index in [1.807, 2.05) is 0 Å². The van der Waals surface area contributed by atoms with Gasteiger partial charge in [-0.15, -0.1) is 0 Å². The third kappa shape index (κ3) is 6.37. The lowest BCUT2D eigenvalue weighted by Gasteiger charge is -2.29. The quantitative estimate of drug-likeness (QED) is 0.348. The maximum Gasteiger partial charge on any atom is -0.0162 e. The van der Waals surface area contributed by atoms with Gasteiger partial charge in [-0.3, -0.25) is 0 Å². The molecular formula is C32H44. The van der Waals surface area contributed by atoms with Crippen LogP contribution in [0.25, 0.3) is 16.7 Å². The molecule has 172 valence electrons. The maximum absolute atomic E-state index is 2.46. The van der Waals surface area contributed by atoms with E-state index >= 15 is 0 Å². The number of hydrogen-bond donors (Lipinski definition) is 0. The van der Waals surface area contributed by atoms with Crippen molar-refractivity contribution in [3.05, 3.63) is 65.7 Å². The van der Waals surface area contributed by atoms with Gasteiger partial charge in [0.25, 0.3) is 0 Å². The molecule has 1 fully saturated rings. The SMILES string of the molecule is CCCCCCCC1CCC(c2ccc(-c3ccc(C4=CCC(C)CC4)cc3)cc2)CC1. The van der Waals surface area contributed by atoms with Crippen LogP contribution in [0.5, 0.6) is 0 Å². The second-order valence-electron chi connectivity index (χ2n) is 10.7. The molecule has 2 aliphatic carbocycles. The summed E-state index contributed by atoms with van der Waals surface area (Å²) in [6.45, 7) is 4.67. The highest BCUT2D eigenvalue weighted by Crippen LogP contribution is 2.38. The standard InChI is InChI=1S/C32H44/c1-3-4-5-6-7-8-26-11-15-28(16-12-26)30-19-23-32(24-20-30)31-21-17-29(18-22-31)27-13-9-25(2)10-14-27/h13,17-26,28H,3-12,14-16H2,1-2H3. The molecule has 0 radical (unpaired) electrons. The van der Waals surface area contributed by atoms with Crippen LogP contribution in [0.1, 0.15) is 114 Å². The second-order valence-corrected chi connectivity index (χ2v) is 10.7. The summed E-state index contributed by atoms with van der Waals surface area (Å²) in [5, 5.41) is 0. The molecule has 1 saturated carbocycles. The Bertz CT molecular complexity index is 831. The first-order valence-electron chi connectivity index (χ1n) is 13.6. The second kappa shape index (κ2) is 11.9. The van der Waals surface area contributed by atoms with Crippen molar-refractivity contribution in [3.63, 3.8) is 0 Å². The summed E-state index contributed by atoms with van der Waals surface area (Å²) in [6, 6.07) is 18.8.